The summed E-state index contributed by atoms with van der Waals surface area (Å²) in [5, 5.41) is 17.8. The maximum atomic E-state index is 12.2. The average molecular weight is 433 g/mol. The number of phenolic OH excluding ortho intramolecular Hbond substituents is 1. The van der Waals surface area contributed by atoms with Crippen LogP contribution in [0.5, 0.6) is 5.75 Å². The molecule has 0 aliphatic heterocycles. The number of anilines is 1. The topological polar surface area (TPSA) is 73.4 Å². The molecule has 0 spiro atoms. The summed E-state index contributed by atoms with van der Waals surface area (Å²) in [7, 11) is 0. The number of rotatable bonds is 5. The van der Waals surface area contributed by atoms with E-state index < -0.39 is 9.96 Å². The molecule has 1 amide bonds. The lowest BCUT2D eigenvalue weighted by Crippen LogP contribution is -2.56. The number of amides is 1. The molecular weight excluding hydrogens is 417 g/mol. The molecule has 5 nitrogen and oxygen atoms in total. The lowest BCUT2D eigenvalue weighted by molar-refractivity contribution is -0.121. The minimum absolute atomic E-state index is 0.0758. The number of benzene rings is 2. The van der Waals surface area contributed by atoms with E-state index in [-0.39, 0.29) is 23.2 Å². The first-order chi connectivity index (χ1) is 12.2. The fourth-order valence-electron chi connectivity index (χ4n) is 2.07. The van der Waals surface area contributed by atoms with Crippen LogP contribution in [0.4, 0.5) is 5.69 Å². The number of nitrogens with one attached hydrogen (secondary N) is 3. The molecule has 0 aliphatic carbocycles. The minimum Gasteiger partial charge on any atom is -0.508 e. The smallest absolute Gasteiger partial charge is 0.228 e. The van der Waals surface area contributed by atoms with E-state index in [1.165, 1.54) is 12.1 Å². The van der Waals surface area contributed by atoms with Crippen LogP contribution in [0.3, 0.4) is 0 Å². The largest absolute Gasteiger partial charge is 0.508 e. The van der Waals surface area contributed by atoms with Gasteiger partial charge in [-0.2, -0.15) is 0 Å². The predicted molar refractivity (Wildman–Crippen MR) is 110 cm³/mol. The van der Waals surface area contributed by atoms with Gasteiger partial charge in [-0.15, -0.1) is 0 Å². The second-order valence-electron chi connectivity index (χ2n) is 5.35. The van der Waals surface area contributed by atoms with Gasteiger partial charge in [0.2, 0.25) is 9.70 Å². The molecule has 0 aliphatic rings. The van der Waals surface area contributed by atoms with Crippen LogP contribution in [0.2, 0.25) is 0 Å². The van der Waals surface area contributed by atoms with Crippen molar-refractivity contribution < 1.29 is 9.90 Å². The Morgan fingerprint density at radius 2 is 1.77 bits per heavy atom. The highest BCUT2D eigenvalue weighted by Gasteiger charge is 2.34. The van der Waals surface area contributed by atoms with Crippen molar-refractivity contribution in [3.05, 3.63) is 60.2 Å². The molecule has 2 aromatic rings. The van der Waals surface area contributed by atoms with E-state index in [9.17, 15) is 9.90 Å². The van der Waals surface area contributed by atoms with E-state index in [0.717, 1.165) is 5.56 Å². The molecule has 0 saturated carbocycles. The fraction of sp³-hybridized carbons (Fsp3) is 0.176. The number of hydrogen-bond donors (Lipinski definition) is 4. The van der Waals surface area contributed by atoms with Crippen LogP contribution < -0.4 is 16.0 Å². The van der Waals surface area contributed by atoms with Crippen LogP contribution in [0.15, 0.2) is 54.6 Å². The minimum atomic E-state index is -1.84. The zero-order valence-electron chi connectivity index (χ0n) is 13.4. The Morgan fingerprint density at radius 1 is 1.08 bits per heavy atom. The normalized spacial score (nSPS) is 12.1. The average Bonchev–Trinajstić information content (AvgIpc) is 2.54. The van der Waals surface area contributed by atoms with Crippen LogP contribution in [0, 0.1) is 0 Å². The van der Waals surface area contributed by atoms with E-state index >= 15 is 0 Å². The number of hydrogen-bond acceptors (Lipinski definition) is 3. The summed E-state index contributed by atoms with van der Waals surface area (Å²) in [5.41, 5.74) is 1.37. The fourth-order valence-corrected chi connectivity index (χ4v) is 2.64. The third-order valence-corrected chi connectivity index (χ3v) is 4.09. The van der Waals surface area contributed by atoms with Crippen molar-refractivity contribution in [3.63, 3.8) is 0 Å². The molecule has 0 heterocycles. The predicted octanol–water partition coefficient (Wildman–Crippen LogP) is 3.73. The molecule has 0 saturated heterocycles. The number of thiocarbonyl (C=S) groups is 1. The van der Waals surface area contributed by atoms with E-state index in [1.807, 2.05) is 30.3 Å². The van der Waals surface area contributed by atoms with E-state index in [1.54, 1.807) is 12.1 Å². The third kappa shape index (κ3) is 6.88. The van der Waals surface area contributed by atoms with Crippen molar-refractivity contribution in [1.82, 2.24) is 10.6 Å². The molecule has 0 bridgehead atoms. The van der Waals surface area contributed by atoms with Gasteiger partial charge in [0.1, 0.15) is 11.9 Å². The van der Waals surface area contributed by atoms with Gasteiger partial charge in [0.15, 0.2) is 5.11 Å². The Hall–Kier alpha value is -1.73. The zero-order chi connectivity index (χ0) is 19.2. The standard InChI is InChI=1S/C17H16Cl3N3O2S/c18-17(19,20)15(22-14(25)9-11-5-2-1-3-6-11)23-16(26)21-12-7-4-8-13(24)10-12/h1-8,10,15,24H,9H2,(H,22,25)(H2,21,23,26). The van der Waals surface area contributed by atoms with Gasteiger partial charge in [-0.3, -0.25) is 4.79 Å². The Labute approximate surface area is 171 Å². The second kappa shape index (κ2) is 9.28. The molecule has 26 heavy (non-hydrogen) atoms. The third-order valence-electron chi connectivity index (χ3n) is 3.22. The van der Waals surface area contributed by atoms with Crippen molar-refractivity contribution in [2.75, 3.05) is 5.32 Å². The highest BCUT2D eigenvalue weighted by molar-refractivity contribution is 7.80. The quantitative estimate of drug-likeness (QED) is 0.329. The summed E-state index contributed by atoms with van der Waals surface area (Å²) in [6.45, 7) is 0. The van der Waals surface area contributed by atoms with Gasteiger partial charge >= 0.3 is 0 Å². The van der Waals surface area contributed by atoms with Crippen LogP contribution in [-0.2, 0) is 11.2 Å². The summed E-state index contributed by atoms with van der Waals surface area (Å²) in [6.07, 6.45) is -0.923. The van der Waals surface area contributed by atoms with Crippen molar-refractivity contribution >= 4 is 63.7 Å². The molecule has 9 heteroatoms. The Kier molecular flexibility index (Phi) is 7.34. The summed E-state index contributed by atoms with van der Waals surface area (Å²) in [6, 6.07) is 15.5. The van der Waals surface area contributed by atoms with Crippen LogP contribution in [0.1, 0.15) is 5.56 Å². The van der Waals surface area contributed by atoms with Gasteiger partial charge < -0.3 is 21.1 Å². The van der Waals surface area contributed by atoms with Crippen LogP contribution >= 0.6 is 47.0 Å². The lowest BCUT2D eigenvalue weighted by Gasteiger charge is -2.27. The molecule has 138 valence electrons. The molecule has 0 aromatic heterocycles. The molecule has 2 aromatic carbocycles. The van der Waals surface area contributed by atoms with E-state index in [0.29, 0.717) is 5.69 Å². The first-order valence-corrected chi connectivity index (χ1v) is 9.05. The number of carbonyl (C=O) groups excluding carboxylic acids is 1. The highest BCUT2D eigenvalue weighted by atomic mass is 35.6. The molecule has 0 radical (unpaired) electrons. The molecular formula is C17H16Cl3N3O2S. The van der Waals surface area contributed by atoms with Crippen molar-refractivity contribution in [2.24, 2.45) is 0 Å². The number of alkyl halides is 3. The van der Waals surface area contributed by atoms with Crippen LogP contribution in [-0.4, -0.2) is 26.1 Å². The number of halogens is 3. The monoisotopic (exact) mass is 431 g/mol. The number of carbonyl (C=O) groups is 1. The lowest BCUT2D eigenvalue weighted by atomic mass is 10.1. The van der Waals surface area contributed by atoms with Crippen LogP contribution in [0.25, 0.3) is 0 Å². The molecule has 1 unspecified atom stereocenters. The Morgan fingerprint density at radius 3 is 2.38 bits per heavy atom. The summed E-state index contributed by atoms with van der Waals surface area (Å²) >= 11 is 23.0. The second-order valence-corrected chi connectivity index (χ2v) is 8.13. The Bertz CT molecular complexity index is 769. The summed E-state index contributed by atoms with van der Waals surface area (Å²) in [4.78, 5) is 12.2. The highest BCUT2D eigenvalue weighted by Crippen LogP contribution is 2.29. The maximum Gasteiger partial charge on any atom is 0.228 e. The van der Waals surface area contributed by atoms with Gasteiger partial charge in [-0.05, 0) is 29.9 Å². The maximum absolute atomic E-state index is 12.2. The Balaban J connectivity index is 1.98. The zero-order valence-corrected chi connectivity index (χ0v) is 16.5. The van der Waals surface area contributed by atoms with Gasteiger partial charge in [0.05, 0.1) is 6.42 Å². The van der Waals surface area contributed by atoms with Gasteiger partial charge in [-0.1, -0.05) is 71.2 Å². The molecule has 0 fully saturated rings. The molecule has 2 rings (SSSR count). The van der Waals surface area contributed by atoms with Gasteiger partial charge in [0.25, 0.3) is 0 Å². The molecule has 1 atom stereocenters. The number of aromatic hydroxyl groups is 1. The SMILES string of the molecule is O=C(Cc1ccccc1)NC(NC(=S)Nc1cccc(O)c1)C(Cl)(Cl)Cl. The summed E-state index contributed by atoms with van der Waals surface area (Å²) < 4.78 is -1.84. The van der Waals surface area contributed by atoms with Crippen molar-refractivity contribution in [2.45, 2.75) is 16.4 Å². The number of phenols is 1. The van der Waals surface area contributed by atoms with E-state index in [2.05, 4.69) is 16.0 Å². The van der Waals surface area contributed by atoms with Crippen molar-refractivity contribution in [1.29, 1.82) is 0 Å². The van der Waals surface area contributed by atoms with E-state index in [4.69, 9.17) is 47.0 Å². The first-order valence-electron chi connectivity index (χ1n) is 7.50. The van der Waals surface area contributed by atoms with Crippen molar-refractivity contribution in [3.8, 4) is 5.75 Å². The van der Waals surface area contributed by atoms with Gasteiger partial charge in [0, 0.05) is 11.8 Å². The summed E-state index contributed by atoms with van der Waals surface area (Å²) in [5.74, 6) is -0.257. The first kappa shape index (κ1) is 20.6. The molecule has 4 N–H and O–H groups in total. The van der Waals surface area contributed by atoms with Gasteiger partial charge in [-0.25, -0.2) is 0 Å².